The number of hydrogen-bond acceptors (Lipinski definition) is 4. The fourth-order valence-electron chi connectivity index (χ4n) is 1.71. The molecule has 0 amide bonds. The second-order valence-electron chi connectivity index (χ2n) is 3.97. The second kappa shape index (κ2) is 5.29. The number of hydrogen-bond donors (Lipinski definition) is 1. The lowest BCUT2D eigenvalue weighted by Crippen LogP contribution is -2.21. The van der Waals surface area contributed by atoms with Crippen LogP contribution < -0.4 is 4.90 Å². The highest BCUT2D eigenvalue weighted by atomic mass is 32.1. The number of rotatable bonds is 4. The lowest BCUT2D eigenvalue weighted by atomic mass is 10.2. The summed E-state index contributed by atoms with van der Waals surface area (Å²) in [4.78, 5) is 7.60. The fourth-order valence-corrected chi connectivity index (χ4v) is 2.54. The molecule has 4 heteroatoms. The molecule has 0 saturated heterocycles. The minimum atomic E-state index is -0.0188. The molecule has 0 radical (unpaired) electrons. The van der Waals surface area contributed by atoms with Crippen LogP contribution in [-0.2, 0) is 6.61 Å². The molecule has 0 aliphatic carbocycles. The smallest absolute Gasteiger partial charge is 0.0853 e. The van der Waals surface area contributed by atoms with Crippen LogP contribution in [0.3, 0.4) is 0 Å². The van der Waals surface area contributed by atoms with Crippen LogP contribution in [-0.4, -0.2) is 17.1 Å². The van der Waals surface area contributed by atoms with Crippen molar-refractivity contribution in [2.75, 3.05) is 11.9 Å². The number of thiophene rings is 1. The Bertz CT molecular complexity index is 470. The molecule has 90 valence electrons. The highest BCUT2D eigenvalue weighted by Crippen LogP contribution is 2.28. The zero-order valence-electron chi connectivity index (χ0n) is 10.00. The van der Waals surface area contributed by atoms with E-state index in [2.05, 4.69) is 41.4 Å². The summed E-state index contributed by atoms with van der Waals surface area (Å²) in [6, 6.07) is 8.41. The third-order valence-corrected chi connectivity index (χ3v) is 3.95. The molecular formula is C13H16N2OS. The van der Waals surface area contributed by atoms with Crippen LogP contribution >= 0.6 is 11.3 Å². The third-order valence-electron chi connectivity index (χ3n) is 2.91. The maximum Gasteiger partial charge on any atom is 0.0853 e. The molecule has 2 aromatic rings. The molecule has 2 heterocycles. The van der Waals surface area contributed by atoms with Gasteiger partial charge in [0.25, 0.3) is 0 Å². The van der Waals surface area contributed by atoms with Gasteiger partial charge >= 0.3 is 0 Å². The van der Waals surface area contributed by atoms with Crippen molar-refractivity contribution in [1.29, 1.82) is 0 Å². The predicted molar refractivity (Wildman–Crippen MR) is 71.3 cm³/mol. The van der Waals surface area contributed by atoms with Gasteiger partial charge in [0.1, 0.15) is 0 Å². The Labute approximate surface area is 105 Å². The van der Waals surface area contributed by atoms with Crippen molar-refractivity contribution >= 4 is 17.0 Å². The topological polar surface area (TPSA) is 36.4 Å². The second-order valence-corrected chi connectivity index (χ2v) is 4.95. The molecule has 0 spiro atoms. The van der Waals surface area contributed by atoms with Gasteiger partial charge in [-0.3, -0.25) is 4.98 Å². The van der Waals surface area contributed by atoms with Crippen molar-refractivity contribution in [2.45, 2.75) is 19.6 Å². The van der Waals surface area contributed by atoms with Crippen LogP contribution in [0.15, 0.2) is 35.8 Å². The molecule has 1 unspecified atom stereocenters. The normalized spacial score (nSPS) is 12.4. The van der Waals surface area contributed by atoms with Crippen molar-refractivity contribution < 1.29 is 5.11 Å². The standard InChI is InChI=1S/C13H16N2OS/c1-10(13-4-3-7-17-13)15(2)12-5-6-14-11(8-12)9-16/h3-8,10,16H,9H2,1-2H3. The fraction of sp³-hybridized carbons (Fsp3) is 0.308. The zero-order valence-corrected chi connectivity index (χ0v) is 10.8. The Morgan fingerprint density at radius 1 is 1.47 bits per heavy atom. The van der Waals surface area contributed by atoms with Crippen LogP contribution in [0.5, 0.6) is 0 Å². The first kappa shape index (κ1) is 12.1. The molecule has 0 aromatic carbocycles. The number of aromatic nitrogens is 1. The summed E-state index contributed by atoms with van der Waals surface area (Å²) in [5.41, 5.74) is 1.78. The quantitative estimate of drug-likeness (QED) is 0.904. The average Bonchev–Trinajstić information content (AvgIpc) is 2.91. The molecular weight excluding hydrogens is 232 g/mol. The van der Waals surface area contributed by atoms with Gasteiger partial charge in [-0.2, -0.15) is 0 Å². The van der Waals surface area contributed by atoms with Crippen molar-refractivity contribution in [3.8, 4) is 0 Å². The van der Waals surface area contributed by atoms with E-state index in [1.807, 2.05) is 12.1 Å². The number of pyridine rings is 1. The predicted octanol–water partition coefficient (Wildman–Crippen LogP) is 2.83. The van der Waals surface area contributed by atoms with Crippen LogP contribution in [0.25, 0.3) is 0 Å². The molecule has 3 nitrogen and oxygen atoms in total. The lowest BCUT2D eigenvalue weighted by Gasteiger charge is -2.26. The van der Waals surface area contributed by atoms with Crippen molar-refractivity contribution in [2.24, 2.45) is 0 Å². The van der Waals surface area contributed by atoms with E-state index in [-0.39, 0.29) is 6.61 Å². The summed E-state index contributed by atoms with van der Waals surface area (Å²) in [6.45, 7) is 2.15. The number of nitrogens with zero attached hydrogens (tertiary/aromatic N) is 2. The van der Waals surface area contributed by atoms with Gasteiger partial charge in [0.2, 0.25) is 0 Å². The molecule has 0 aliphatic heterocycles. The third kappa shape index (κ3) is 2.65. The Hall–Kier alpha value is -1.39. The molecule has 0 bridgehead atoms. The van der Waals surface area contributed by atoms with Crippen LogP contribution in [0, 0.1) is 0 Å². The van der Waals surface area contributed by atoms with E-state index in [0.29, 0.717) is 11.7 Å². The van der Waals surface area contributed by atoms with Crippen molar-refractivity contribution in [3.05, 3.63) is 46.4 Å². The molecule has 1 atom stereocenters. The molecule has 17 heavy (non-hydrogen) atoms. The van der Waals surface area contributed by atoms with Crippen LogP contribution in [0.2, 0.25) is 0 Å². The first-order valence-corrected chi connectivity index (χ1v) is 6.42. The van der Waals surface area contributed by atoms with E-state index >= 15 is 0 Å². The van der Waals surface area contributed by atoms with E-state index in [1.54, 1.807) is 17.5 Å². The lowest BCUT2D eigenvalue weighted by molar-refractivity contribution is 0.277. The minimum Gasteiger partial charge on any atom is -0.390 e. The molecule has 2 rings (SSSR count). The summed E-state index contributed by atoms with van der Waals surface area (Å²) in [5, 5.41) is 11.2. The van der Waals surface area contributed by atoms with Gasteiger partial charge < -0.3 is 10.0 Å². The minimum absolute atomic E-state index is 0.0188. The summed E-state index contributed by atoms with van der Waals surface area (Å²) in [5.74, 6) is 0. The van der Waals surface area contributed by atoms with E-state index in [0.717, 1.165) is 5.69 Å². The highest BCUT2D eigenvalue weighted by Gasteiger charge is 2.13. The highest BCUT2D eigenvalue weighted by molar-refractivity contribution is 7.10. The Balaban J connectivity index is 2.21. The maximum absolute atomic E-state index is 9.09. The molecule has 2 aromatic heterocycles. The Morgan fingerprint density at radius 2 is 2.29 bits per heavy atom. The van der Waals surface area contributed by atoms with Gasteiger partial charge in [-0.25, -0.2) is 0 Å². The first-order chi connectivity index (χ1) is 8.22. The molecule has 0 aliphatic rings. The van der Waals surface area contributed by atoms with Gasteiger partial charge in [0.15, 0.2) is 0 Å². The summed E-state index contributed by atoms with van der Waals surface area (Å²) < 4.78 is 0. The van der Waals surface area contributed by atoms with Crippen molar-refractivity contribution in [3.63, 3.8) is 0 Å². The monoisotopic (exact) mass is 248 g/mol. The van der Waals surface area contributed by atoms with E-state index in [4.69, 9.17) is 5.11 Å². The van der Waals surface area contributed by atoms with Gasteiger partial charge in [-0.05, 0) is 30.5 Å². The summed E-state index contributed by atoms with van der Waals surface area (Å²) in [7, 11) is 2.06. The van der Waals surface area contributed by atoms with Crippen molar-refractivity contribution in [1.82, 2.24) is 4.98 Å². The SMILES string of the molecule is CC(c1cccs1)N(C)c1ccnc(CO)c1. The first-order valence-electron chi connectivity index (χ1n) is 5.54. The Morgan fingerprint density at radius 3 is 2.94 bits per heavy atom. The van der Waals surface area contributed by atoms with Gasteiger partial charge in [0.05, 0.1) is 18.3 Å². The zero-order chi connectivity index (χ0) is 12.3. The van der Waals surface area contributed by atoms with Gasteiger partial charge in [-0.15, -0.1) is 11.3 Å². The molecule has 0 saturated carbocycles. The van der Waals surface area contributed by atoms with Gasteiger partial charge in [0, 0.05) is 23.8 Å². The summed E-state index contributed by atoms with van der Waals surface area (Å²) >= 11 is 1.76. The van der Waals surface area contributed by atoms with E-state index in [1.165, 1.54) is 4.88 Å². The van der Waals surface area contributed by atoms with E-state index in [9.17, 15) is 0 Å². The molecule has 0 fully saturated rings. The number of aliphatic hydroxyl groups excluding tert-OH is 1. The number of aliphatic hydroxyl groups is 1. The van der Waals surface area contributed by atoms with Crippen LogP contribution in [0.4, 0.5) is 5.69 Å². The van der Waals surface area contributed by atoms with E-state index < -0.39 is 0 Å². The largest absolute Gasteiger partial charge is 0.390 e. The summed E-state index contributed by atoms with van der Waals surface area (Å²) in [6.07, 6.45) is 1.73. The van der Waals surface area contributed by atoms with Gasteiger partial charge in [-0.1, -0.05) is 6.07 Å². The Kier molecular flexibility index (Phi) is 3.76. The molecule has 1 N–H and O–H groups in total. The number of anilines is 1. The maximum atomic E-state index is 9.09. The van der Waals surface area contributed by atoms with Crippen LogP contribution in [0.1, 0.15) is 23.5 Å². The average molecular weight is 248 g/mol.